The first kappa shape index (κ1) is 6.49. The maximum atomic E-state index is 5.36. The van der Waals surface area contributed by atoms with Crippen LogP contribution in [0.15, 0.2) is 24.3 Å². The van der Waals surface area contributed by atoms with Crippen molar-refractivity contribution in [1.29, 1.82) is 0 Å². The van der Waals surface area contributed by atoms with Gasteiger partial charge in [-0.3, -0.25) is 0 Å². The zero-order valence-corrected chi connectivity index (χ0v) is 6.04. The van der Waals surface area contributed by atoms with Crippen molar-refractivity contribution < 1.29 is 9.57 Å². The van der Waals surface area contributed by atoms with Crippen LogP contribution < -0.4 is 15.1 Å². The van der Waals surface area contributed by atoms with E-state index in [0.717, 1.165) is 11.5 Å². The molecule has 11 heavy (non-hydrogen) atoms. The zero-order valence-electron chi connectivity index (χ0n) is 6.04. The van der Waals surface area contributed by atoms with Crippen molar-refractivity contribution in [2.45, 2.75) is 0 Å². The summed E-state index contributed by atoms with van der Waals surface area (Å²) in [6, 6.07) is 7.60. The topological polar surface area (TPSA) is 30.5 Å². The fraction of sp³-hybridized carbons (Fsp3) is 0.250. The lowest BCUT2D eigenvalue weighted by molar-refractivity contribution is 0.200. The molecule has 0 fully saturated rings. The van der Waals surface area contributed by atoms with Gasteiger partial charge in [-0.1, -0.05) is 12.1 Å². The molecular formula is C8H9NO2. The van der Waals surface area contributed by atoms with Gasteiger partial charge in [-0.05, 0) is 12.1 Å². The molecule has 3 heteroatoms. The van der Waals surface area contributed by atoms with Crippen LogP contribution in [-0.4, -0.2) is 13.2 Å². The molecule has 0 aliphatic carbocycles. The molecule has 0 aromatic heterocycles. The molecule has 0 spiro atoms. The molecule has 0 bridgehead atoms. The summed E-state index contributed by atoms with van der Waals surface area (Å²) in [6.45, 7) is 1.37. The number of hydrogen-bond donors (Lipinski definition) is 1. The number of benzene rings is 1. The van der Waals surface area contributed by atoms with Gasteiger partial charge >= 0.3 is 0 Å². The second-order valence-corrected chi connectivity index (χ2v) is 2.29. The molecule has 0 atom stereocenters. The van der Waals surface area contributed by atoms with Crippen LogP contribution in [0.4, 0.5) is 0 Å². The van der Waals surface area contributed by atoms with E-state index in [-0.39, 0.29) is 0 Å². The van der Waals surface area contributed by atoms with E-state index < -0.39 is 0 Å². The molecule has 1 aliphatic heterocycles. The first-order chi connectivity index (χ1) is 5.47. The highest BCUT2D eigenvalue weighted by Crippen LogP contribution is 2.26. The average Bonchev–Trinajstić information content (AvgIpc) is 2.28. The Labute approximate surface area is 64.9 Å². The summed E-state index contributed by atoms with van der Waals surface area (Å²) in [5, 5.41) is 0. The van der Waals surface area contributed by atoms with E-state index in [2.05, 4.69) is 5.48 Å². The normalized spacial score (nSPS) is 15.6. The maximum Gasteiger partial charge on any atom is 0.188 e. The number of ether oxygens (including phenoxy) is 1. The van der Waals surface area contributed by atoms with Gasteiger partial charge in [0.2, 0.25) is 0 Å². The SMILES string of the molecule is c1ccc2c(c1)OCCNO2. The molecule has 0 unspecified atom stereocenters. The maximum absolute atomic E-state index is 5.36. The van der Waals surface area contributed by atoms with E-state index in [1.165, 1.54) is 0 Å². The first-order valence-corrected chi connectivity index (χ1v) is 3.58. The Kier molecular flexibility index (Phi) is 1.65. The molecule has 0 amide bonds. The molecule has 0 radical (unpaired) electrons. The third-order valence-corrected chi connectivity index (χ3v) is 1.49. The lowest BCUT2D eigenvalue weighted by Crippen LogP contribution is -2.20. The van der Waals surface area contributed by atoms with Gasteiger partial charge < -0.3 is 9.57 Å². The molecule has 3 nitrogen and oxygen atoms in total. The lowest BCUT2D eigenvalue weighted by atomic mass is 10.3. The fourth-order valence-corrected chi connectivity index (χ4v) is 0.985. The van der Waals surface area contributed by atoms with Crippen molar-refractivity contribution in [2.75, 3.05) is 13.2 Å². The van der Waals surface area contributed by atoms with Gasteiger partial charge in [-0.25, -0.2) is 0 Å². The van der Waals surface area contributed by atoms with Crippen molar-refractivity contribution in [3.8, 4) is 11.5 Å². The number of fused-ring (bicyclic) bond motifs is 1. The van der Waals surface area contributed by atoms with Gasteiger partial charge in [0.25, 0.3) is 0 Å². The predicted molar refractivity (Wildman–Crippen MR) is 40.6 cm³/mol. The summed E-state index contributed by atoms with van der Waals surface area (Å²) in [7, 11) is 0. The van der Waals surface area contributed by atoms with Crippen LogP contribution in [0.5, 0.6) is 11.5 Å². The summed E-state index contributed by atoms with van der Waals surface area (Å²) in [6.07, 6.45) is 0. The van der Waals surface area contributed by atoms with Crippen LogP contribution in [-0.2, 0) is 0 Å². The zero-order chi connectivity index (χ0) is 7.52. The molecule has 58 valence electrons. The van der Waals surface area contributed by atoms with Crippen molar-refractivity contribution in [1.82, 2.24) is 5.48 Å². The van der Waals surface area contributed by atoms with Gasteiger partial charge in [-0.15, -0.1) is 0 Å². The number of nitrogens with one attached hydrogen (secondary N) is 1. The van der Waals surface area contributed by atoms with E-state index in [0.29, 0.717) is 13.2 Å². The summed E-state index contributed by atoms with van der Waals surface area (Å²) < 4.78 is 5.36. The minimum Gasteiger partial charge on any atom is -0.488 e. The van der Waals surface area contributed by atoms with Crippen LogP contribution in [0.3, 0.4) is 0 Å². The molecule has 1 aromatic carbocycles. The van der Waals surface area contributed by atoms with Gasteiger partial charge in [0, 0.05) is 0 Å². The third kappa shape index (κ3) is 1.28. The highest BCUT2D eigenvalue weighted by Gasteiger charge is 2.06. The smallest absolute Gasteiger partial charge is 0.188 e. The summed E-state index contributed by atoms with van der Waals surface area (Å²) in [5.41, 5.74) is 2.78. The highest BCUT2D eigenvalue weighted by molar-refractivity contribution is 5.39. The van der Waals surface area contributed by atoms with Crippen molar-refractivity contribution >= 4 is 0 Å². The Morgan fingerprint density at radius 1 is 1.18 bits per heavy atom. The molecule has 0 saturated carbocycles. The number of rotatable bonds is 0. The second kappa shape index (κ2) is 2.80. The highest BCUT2D eigenvalue weighted by atomic mass is 16.7. The number of hydrogen-bond acceptors (Lipinski definition) is 3. The largest absolute Gasteiger partial charge is 0.488 e. The quantitative estimate of drug-likeness (QED) is 0.599. The Morgan fingerprint density at radius 2 is 2.00 bits per heavy atom. The van der Waals surface area contributed by atoms with Gasteiger partial charge in [-0.2, -0.15) is 5.48 Å². The van der Waals surface area contributed by atoms with E-state index in [1.807, 2.05) is 24.3 Å². The van der Waals surface area contributed by atoms with E-state index in [9.17, 15) is 0 Å². The molecule has 1 N–H and O–H groups in total. The average molecular weight is 151 g/mol. The van der Waals surface area contributed by atoms with Crippen LogP contribution >= 0.6 is 0 Å². The number of hydroxylamine groups is 1. The van der Waals surface area contributed by atoms with Crippen molar-refractivity contribution in [3.05, 3.63) is 24.3 Å². The summed E-state index contributed by atoms with van der Waals surface area (Å²) >= 11 is 0. The van der Waals surface area contributed by atoms with Crippen LogP contribution in [0.25, 0.3) is 0 Å². The molecular weight excluding hydrogens is 142 g/mol. The lowest BCUT2D eigenvalue weighted by Gasteiger charge is -2.03. The molecule has 1 aliphatic rings. The van der Waals surface area contributed by atoms with Gasteiger partial charge in [0.15, 0.2) is 11.5 Å². The van der Waals surface area contributed by atoms with Crippen molar-refractivity contribution in [2.24, 2.45) is 0 Å². The Balaban J connectivity index is 2.33. The molecule has 1 heterocycles. The van der Waals surface area contributed by atoms with Gasteiger partial charge in [0.05, 0.1) is 6.54 Å². The first-order valence-electron chi connectivity index (χ1n) is 3.58. The van der Waals surface area contributed by atoms with E-state index in [1.54, 1.807) is 0 Å². The molecule has 2 rings (SSSR count). The summed E-state index contributed by atoms with van der Waals surface area (Å²) in [4.78, 5) is 5.17. The van der Waals surface area contributed by atoms with E-state index in [4.69, 9.17) is 9.57 Å². The molecule has 1 aromatic rings. The Hall–Kier alpha value is -1.22. The van der Waals surface area contributed by atoms with Gasteiger partial charge in [0.1, 0.15) is 6.61 Å². The van der Waals surface area contributed by atoms with E-state index >= 15 is 0 Å². The minimum absolute atomic E-state index is 0.650. The Bertz CT molecular complexity index is 225. The number of para-hydroxylation sites is 2. The standard InChI is InChI=1S/C8H9NO2/c1-2-4-8-7(3-1)10-6-5-9-11-8/h1-4,9H,5-6H2. The molecule has 0 saturated heterocycles. The third-order valence-electron chi connectivity index (χ3n) is 1.49. The van der Waals surface area contributed by atoms with Crippen LogP contribution in [0.2, 0.25) is 0 Å². The predicted octanol–water partition coefficient (Wildman–Crippen LogP) is 0.962. The summed E-state index contributed by atoms with van der Waals surface area (Å²) in [5.74, 6) is 1.56. The second-order valence-electron chi connectivity index (χ2n) is 2.29. The van der Waals surface area contributed by atoms with Crippen LogP contribution in [0, 0.1) is 0 Å². The monoisotopic (exact) mass is 151 g/mol. The van der Waals surface area contributed by atoms with Crippen molar-refractivity contribution in [3.63, 3.8) is 0 Å². The fourth-order valence-electron chi connectivity index (χ4n) is 0.985. The Morgan fingerprint density at radius 3 is 2.91 bits per heavy atom. The minimum atomic E-state index is 0.650. The van der Waals surface area contributed by atoms with Crippen LogP contribution in [0.1, 0.15) is 0 Å².